The van der Waals surface area contributed by atoms with Crippen molar-refractivity contribution in [3.05, 3.63) is 0 Å². The van der Waals surface area contributed by atoms with E-state index in [4.69, 9.17) is 14.2 Å². The van der Waals surface area contributed by atoms with E-state index >= 15 is 0 Å². The van der Waals surface area contributed by atoms with Crippen LogP contribution in [0.25, 0.3) is 0 Å². The summed E-state index contributed by atoms with van der Waals surface area (Å²) < 4.78 is 18.2. The van der Waals surface area contributed by atoms with Crippen molar-refractivity contribution >= 4 is 0 Å². The van der Waals surface area contributed by atoms with Crippen LogP contribution in [0.2, 0.25) is 0 Å². The van der Waals surface area contributed by atoms with Crippen LogP contribution in [-0.2, 0) is 14.2 Å². The zero-order valence-corrected chi connectivity index (χ0v) is 12.0. The van der Waals surface area contributed by atoms with E-state index in [9.17, 15) is 10.2 Å². The van der Waals surface area contributed by atoms with Gasteiger partial charge in [-0.2, -0.15) is 0 Å². The number of epoxide rings is 1. The lowest BCUT2D eigenvalue weighted by molar-refractivity contribution is -0.272. The maximum atomic E-state index is 10.4. The Kier molecular flexibility index (Phi) is 1.92. The van der Waals surface area contributed by atoms with Crippen molar-refractivity contribution in [2.45, 2.75) is 75.3 Å². The molecule has 0 amide bonds. The smallest absolute Gasteiger partial charge is 0.167 e. The predicted molar refractivity (Wildman–Crippen MR) is 67.9 cm³/mol. The van der Waals surface area contributed by atoms with E-state index < -0.39 is 11.2 Å². The molecule has 2 N–H and O–H groups in total. The molecule has 6 rings (SSSR count). The fourth-order valence-electron chi connectivity index (χ4n) is 5.93. The Morgan fingerprint density at radius 2 is 1.90 bits per heavy atom. The standard InChI is InChI=1S/C15H22O5/c1-12(17)3-4-15(10-9(12)19-10)11-18-8-5-13(15,2)14(6-8,7-16)20-11/h8-11,16-17H,3-7H2,1-2H3/t8-,9+,10-,11-,12+,13+,14+,15+/m1/s1. The first-order chi connectivity index (χ1) is 9.39. The summed E-state index contributed by atoms with van der Waals surface area (Å²) in [5.74, 6) is 0. The van der Waals surface area contributed by atoms with E-state index in [2.05, 4.69) is 6.92 Å². The largest absolute Gasteiger partial charge is 0.393 e. The molecule has 6 aliphatic rings. The van der Waals surface area contributed by atoms with E-state index in [0.717, 1.165) is 19.3 Å². The van der Waals surface area contributed by atoms with E-state index in [0.29, 0.717) is 6.42 Å². The van der Waals surface area contributed by atoms with Crippen LogP contribution in [0.15, 0.2) is 0 Å². The molecule has 2 saturated carbocycles. The van der Waals surface area contributed by atoms with Gasteiger partial charge in [-0.1, -0.05) is 6.92 Å². The number of fused-ring (bicyclic) bond motifs is 1. The molecule has 112 valence electrons. The highest BCUT2D eigenvalue weighted by atomic mass is 16.7. The number of aliphatic hydroxyl groups is 2. The van der Waals surface area contributed by atoms with Crippen LogP contribution in [0.5, 0.6) is 0 Å². The van der Waals surface area contributed by atoms with Gasteiger partial charge in [0, 0.05) is 11.8 Å². The molecule has 5 nitrogen and oxygen atoms in total. The number of ether oxygens (including phenoxy) is 3. The molecule has 0 unspecified atom stereocenters. The maximum Gasteiger partial charge on any atom is 0.167 e. The first kappa shape index (κ1) is 12.4. The van der Waals surface area contributed by atoms with Crippen LogP contribution >= 0.6 is 0 Å². The van der Waals surface area contributed by atoms with Gasteiger partial charge in [-0.15, -0.1) is 0 Å². The average molecular weight is 282 g/mol. The number of hydrogen-bond donors (Lipinski definition) is 2. The van der Waals surface area contributed by atoms with Crippen LogP contribution in [-0.4, -0.2) is 52.6 Å². The highest BCUT2D eigenvalue weighted by Crippen LogP contribution is 2.76. The summed E-state index contributed by atoms with van der Waals surface area (Å²) in [5.41, 5.74) is -1.52. The molecule has 6 fully saturated rings. The second-order valence-electron chi connectivity index (χ2n) is 7.98. The number of aliphatic hydroxyl groups excluding tert-OH is 1. The van der Waals surface area contributed by atoms with E-state index in [1.54, 1.807) is 0 Å². The van der Waals surface area contributed by atoms with Gasteiger partial charge in [-0.3, -0.25) is 0 Å². The summed E-state index contributed by atoms with van der Waals surface area (Å²) in [5, 5.41) is 20.4. The molecule has 1 spiro atoms. The predicted octanol–water partition coefficient (Wildman–Crippen LogP) is 0.571. The molecular formula is C15H22O5. The molecule has 20 heavy (non-hydrogen) atoms. The Morgan fingerprint density at radius 1 is 1.10 bits per heavy atom. The second kappa shape index (κ2) is 3.10. The van der Waals surface area contributed by atoms with E-state index in [1.807, 2.05) is 6.92 Å². The fraction of sp³-hybridized carbons (Fsp3) is 1.00. The maximum absolute atomic E-state index is 10.4. The van der Waals surface area contributed by atoms with Gasteiger partial charge in [0.25, 0.3) is 0 Å². The van der Waals surface area contributed by atoms with E-state index in [-0.39, 0.29) is 42.0 Å². The van der Waals surface area contributed by atoms with Crippen LogP contribution in [0, 0.1) is 10.8 Å². The first-order valence-corrected chi connectivity index (χ1v) is 7.71. The Bertz CT molecular complexity index is 493. The van der Waals surface area contributed by atoms with Gasteiger partial charge >= 0.3 is 0 Å². The molecule has 4 saturated heterocycles. The molecule has 2 aliphatic carbocycles. The summed E-state index contributed by atoms with van der Waals surface area (Å²) in [6.07, 6.45) is 3.10. The lowest BCUT2D eigenvalue weighted by Gasteiger charge is -2.51. The van der Waals surface area contributed by atoms with Gasteiger partial charge in [-0.25, -0.2) is 0 Å². The average Bonchev–Trinajstić information content (AvgIpc) is 3.14. The summed E-state index contributed by atoms with van der Waals surface area (Å²) in [4.78, 5) is 0. The number of hydrogen-bond acceptors (Lipinski definition) is 5. The Balaban J connectivity index is 1.63. The normalized spacial score (nSPS) is 69.6. The zero-order chi connectivity index (χ0) is 14.0. The van der Waals surface area contributed by atoms with E-state index in [1.165, 1.54) is 0 Å². The molecule has 4 aliphatic heterocycles. The van der Waals surface area contributed by atoms with Crippen LogP contribution in [0.3, 0.4) is 0 Å². The van der Waals surface area contributed by atoms with Crippen molar-refractivity contribution in [2.75, 3.05) is 6.61 Å². The summed E-state index contributed by atoms with van der Waals surface area (Å²) in [6, 6.07) is 0. The SMILES string of the molecule is C[C@]12C[C@@H]3C[C@@]1(CO)O[C@@H](O3)[C@@]21CC[C@](C)(O)[C@H]2O[C@H]21. The van der Waals surface area contributed by atoms with Gasteiger partial charge in [0.2, 0.25) is 0 Å². The van der Waals surface area contributed by atoms with Crippen LogP contribution in [0.4, 0.5) is 0 Å². The second-order valence-corrected chi connectivity index (χ2v) is 7.98. The molecule has 0 aromatic rings. The van der Waals surface area contributed by atoms with Gasteiger partial charge < -0.3 is 24.4 Å². The summed E-state index contributed by atoms with van der Waals surface area (Å²) in [7, 11) is 0. The number of rotatable bonds is 1. The minimum Gasteiger partial charge on any atom is -0.393 e. The highest BCUT2D eigenvalue weighted by Gasteiger charge is 2.85. The Morgan fingerprint density at radius 3 is 2.65 bits per heavy atom. The molecular weight excluding hydrogens is 260 g/mol. The molecule has 0 aromatic heterocycles. The summed E-state index contributed by atoms with van der Waals surface area (Å²) >= 11 is 0. The minimum atomic E-state index is -0.738. The first-order valence-electron chi connectivity index (χ1n) is 7.71. The van der Waals surface area contributed by atoms with Gasteiger partial charge in [-0.05, 0) is 26.2 Å². The van der Waals surface area contributed by atoms with Crippen molar-refractivity contribution in [1.29, 1.82) is 0 Å². The molecule has 0 radical (unpaired) electrons. The van der Waals surface area contributed by atoms with Crippen molar-refractivity contribution in [2.24, 2.45) is 10.8 Å². The lowest BCUT2D eigenvalue weighted by Crippen LogP contribution is -2.58. The fourth-order valence-corrected chi connectivity index (χ4v) is 5.93. The minimum absolute atomic E-state index is 0.00808. The third kappa shape index (κ3) is 1.00. The molecule has 5 heteroatoms. The van der Waals surface area contributed by atoms with Crippen molar-refractivity contribution < 1.29 is 24.4 Å². The quantitative estimate of drug-likeness (QED) is 0.688. The van der Waals surface area contributed by atoms with Crippen LogP contribution < -0.4 is 0 Å². The molecule has 0 aromatic carbocycles. The zero-order valence-electron chi connectivity index (χ0n) is 12.0. The van der Waals surface area contributed by atoms with Crippen LogP contribution in [0.1, 0.15) is 39.5 Å². The highest BCUT2D eigenvalue weighted by molar-refractivity contribution is 5.29. The Labute approximate surface area is 118 Å². The topological polar surface area (TPSA) is 71.5 Å². The van der Waals surface area contributed by atoms with Gasteiger partial charge in [0.15, 0.2) is 6.29 Å². The third-order valence-electron chi connectivity index (χ3n) is 7.21. The van der Waals surface area contributed by atoms with Crippen molar-refractivity contribution in [3.8, 4) is 0 Å². The van der Waals surface area contributed by atoms with Crippen molar-refractivity contribution in [1.82, 2.24) is 0 Å². The molecule has 4 heterocycles. The molecule has 4 bridgehead atoms. The third-order valence-corrected chi connectivity index (χ3v) is 7.21. The van der Waals surface area contributed by atoms with Gasteiger partial charge in [0.1, 0.15) is 11.7 Å². The monoisotopic (exact) mass is 282 g/mol. The van der Waals surface area contributed by atoms with Crippen molar-refractivity contribution in [3.63, 3.8) is 0 Å². The lowest BCUT2D eigenvalue weighted by atomic mass is 9.52. The summed E-state index contributed by atoms with van der Waals surface area (Å²) in [6.45, 7) is 4.15. The van der Waals surface area contributed by atoms with Gasteiger partial charge in [0.05, 0.1) is 29.8 Å². The Hall–Kier alpha value is -0.200. The molecule has 8 atom stereocenters.